The van der Waals surface area contributed by atoms with Crippen molar-refractivity contribution in [2.45, 2.75) is 179 Å². The smallest absolute Gasteiger partial charge is 0.330 e. The topological polar surface area (TPSA) is 101 Å². The van der Waals surface area contributed by atoms with Crippen LogP contribution in [0.2, 0.25) is 54.4 Å². The summed E-state index contributed by atoms with van der Waals surface area (Å²) in [6.45, 7) is 34.3. The molecule has 1 N–H and O–H groups in total. The van der Waals surface area contributed by atoms with Crippen LogP contribution in [0.15, 0.2) is 46.1 Å². The molecule has 0 bridgehead atoms. The maximum atomic E-state index is 14.0. The second-order valence-electron chi connectivity index (χ2n) is 20.2. The van der Waals surface area contributed by atoms with Crippen LogP contribution in [0.1, 0.15) is 118 Å². The first-order valence-corrected chi connectivity index (χ1v) is 28.7. The summed E-state index contributed by atoms with van der Waals surface area (Å²) in [5.74, 6) is 0.440. The van der Waals surface area contributed by atoms with Gasteiger partial charge in [-0.2, -0.15) is 0 Å². The van der Waals surface area contributed by atoms with Crippen molar-refractivity contribution in [3.05, 3.63) is 68.5 Å². The predicted octanol–water partition coefficient (Wildman–Crippen LogP) is 9.92. The molecule has 300 valence electrons. The molecule has 2 aromatic rings. The molecule has 1 unspecified atom stereocenters. The monoisotopic (exact) mass is 788 g/mol. The van der Waals surface area contributed by atoms with Gasteiger partial charge in [0.15, 0.2) is 31.2 Å². The summed E-state index contributed by atoms with van der Waals surface area (Å²) >= 11 is 0. The number of nitrogens with one attached hydrogen (secondary N) is 1. The van der Waals surface area contributed by atoms with Gasteiger partial charge in [-0.25, -0.2) is 4.79 Å². The van der Waals surface area contributed by atoms with Gasteiger partial charge in [0.05, 0.1) is 18.8 Å². The summed E-state index contributed by atoms with van der Waals surface area (Å²) in [5, 5.41) is -0.216. The van der Waals surface area contributed by atoms with Gasteiger partial charge < -0.3 is 22.8 Å². The highest BCUT2D eigenvalue weighted by atomic mass is 28.4. The number of rotatable bonds is 13. The summed E-state index contributed by atoms with van der Waals surface area (Å²) in [6, 6.07) is 9.82. The molecule has 1 aliphatic carbocycles. The van der Waals surface area contributed by atoms with E-state index in [9.17, 15) is 9.59 Å². The minimum atomic E-state index is -2.46. The van der Waals surface area contributed by atoms with Gasteiger partial charge in [-0.1, -0.05) is 112 Å². The Labute approximate surface area is 323 Å². The van der Waals surface area contributed by atoms with Crippen LogP contribution in [0, 0.1) is 5.92 Å². The second kappa shape index (κ2) is 16.4. The third kappa shape index (κ3) is 10.4. The average Bonchev–Trinajstić information content (AvgIpc) is 3.35. The number of hydrogen-bond donors (Lipinski definition) is 1. The lowest BCUT2D eigenvalue weighted by Gasteiger charge is -2.44. The van der Waals surface area contributed by atoms with Gasteiger partial charge in [-0.15, -0.1) is 0 Å². The molecule has 0 spiro atoms. The minimum Gasteiger partial charge on any atom is -0.414 e. The number of benzene rings is 1. The number of H-pyrrole nitrogens is 1. The molecule has 0 radical (unpaired) electrons. The molecule has 9 nitrogen and oxygen atoms in total. The normalized spacial score (nSPS) is 23.4. The van der Waals surface area contributed by atoms with Crippen LogP contribution >= 0.6 is 0 Å². The van der Waals surface area contributed by atoms with E-state index >= 15 is 0 Å². The standard InChI is InChI=1S/C41H72N2O7Si3/c1-39(2,3)51(10,11)47-28-32-34(49-52(12,13)40(4,5)6)35(50-53(14,15)41(7,8)9)37(48-32)43-26-31(36(44)42-38(43)45)33(30-24-20-17-21-25-30)46-27-29-22-18-16-19-23-29/h17,20-21,24-26,29,32-35,37H,16,18-19,22-23,27-28H2,1-15H3,(H,42,44,45)/t32-,33?,34-,35-,37-/m1/s1. The Bertz CT molecular complexity index is 1610. The number of aromatic amines is 1. The summed E-state index contributed by atoms with van der Waals surface area (Å²) in [6.07, 6.45) is 4.37. The van der Waals surface area contributed by atoms with Crippen molar-refractivity contribution in [2.75, 3.05) is 13.2 Å². The summed E-state index contributed by atoms with van der Waals surface area (Å²) in [7, 11) is -7.05. The first-order chi connectivity index (χ1) is 24.3. The zero-order valence-corrected chi connectivity index (χ0v) is 38.7. The Kier molecular flexibility index (Phi) is 13.7. The molecule has 12 heteroatoms. The molecule has 1 saturated heterocycles. The molecule has 1 saturated carbocycles. The Morgan fingerprint density at radius 2 is 1.28 bits per heavy atom. The van der Waals surface area contributed by atoms with E-state index in [1.54, 1.807) is 6.20 Å². The fourth-order valence-corrected chi connectivity index (χ4v) is 9.95. The summed E-state index contributed by atoms with van der Waals surface area (Å²) < 4.78 is 36.6. The quantitative estimate of drug-likeness (QED) is 0.202. The number of hydrogen-bond acceptors (Lipinski definition) is 7. The van der Waals surface area contributed by atoms with Crippen LogP contribution in [-0.2, 0) is 22.8 Å². The second-order valence-corrected chi connectivity index (χ2v) is 34.5. The van der Waals surface area contributed by atoms with Gasteiger partial charge in [-0.3, -0.25) is 14.3 Å². The molecule has 2 aliphatic rings. The molecule has 2 fully saturated rings. The average molecular weight is 789 g/mol. The van der Waals surface area contributed by atoms with Gasteiger partial charge in [0.1, 0.15) is 24.4 Å². The van der Waals surface area contributed by atoms with Crippen LogP contribution in [-0.4, -0.2) is 66.0 Å². The Balaban J connectivity index is 1.87. The molecule has 1 aliphatic heterocycles. The highest BCUT2D eigenvalue weighted by Crippen LogP contribution is 2.46. The molecule has 4 rings (SSSR count). The van der Waals surface area contributed by atoms with Crippen LogP contribution < -0.4 is 11.2 Å². The van der Waals surface area contributed by atoms with Crippen LogP contribution in [0.25, 0.3) is 0 Å². The molecular formula is C41H72N2O7Si3. The Hall–Kier alpha value is -1.65. The zero-order chi connectivity index (χ0) is 39.8. The van der Waals surface area contributed by atoms with E-state index < -0.39 is 66.8 Å². The summed E-state index contributed by atoms with van der Waals surface area (Å²) in [4.78, 5) is 30.5. The van der Waals surface area contributed by atoms with Crippen LogP contribution in [0.3, 0.4) is 0 Å². The van der Waals surface area contributed by atoms with Gasteiger partial charge in [-0.05, 0) is 78.7 Å². The minimum absolute atomic E-state index is 0.00728. The summed E-state index contributed by atoms with van der Waals surface area (Å²) in [5.41, 5.74) is 0.212. The van der Waals surface area contributed by atoms with Crippen molar-refractivity contribution >= 4 is 25.0 Å². The maximum Gasteiger partial charge on any atom is 0.330 e. The van der Waals surface area contributed by atoms with E-state index in [2.05, 4.69) is 107 Å². The fourth-order valence-electron chi connectivity index (χ4n) is 6.33. The molecule has 1 aromatic carbocycles. The van der Waals surface area contributed by atoms with Crippen LogP contribution in [0.5, 0.6) is 0 Å². The lowest BCUT2D eigenvalue weighted by molar-refractivity contribution is -0.0515. The van der Waals surface area contributed by atoms with Crippen molar-refractivity contribution < 1.29 is 22.8 Å². The third-order valence-corrected chi connectivity index (χ3v) is 26.5. The highest BCUT2D eigenvalue weighted by molar-refractivity contribution is 6.75. The van der Waals surface area contributed by atoms with Gasteiger partial charge in [0.25, 0.3) is 5.56 Å². The molecule has 5 atom stereocenters. The van der Waals surface area contributed by atoms with E-state index in [0.717, 1.165) is 18.4 Å². The lowest BCUT2D eigenvalue weighted by Crippen LogP contribution is -2.55. The molecule has 1 aromatic heterocycles. The van der Waals surface area contributed by atoms with E-state index in [1.165, 1.54) is 23.8 Å². The van der Waals surface area contributed by atoms with Crippen molar-refractivity contribution in [1.82, 2.24) is 9.55 Å². The van der Waals surface area contributed by atoms with Crippen molar-refractivity contribution in [3.63, 3.8) is 0 Å². The predicted molar refractivity (Wildman–Crippen MR) is 223 cm³/mol. The maximum absolute atomic E-state index is 14.0. The van der Waals surface area contributed by atoms with E-state index in [-0.39, 0.29) is 15.1 Å². The van der Waals surface area contributed by atoms with Gasteiger partial charge in [0, 0.05) is 6.20 Å². The Morgan fingerprint density at radius 1 is 0.755 bits per heavy atom. The van der Waals surface area contributed by atoms with Gasteiger partial charge >= 0.3 is 5.69 Å². The van der Waals surface area contributed by atoms with Crippen molar-refractivity contribution in [1.29, 1.82) is 0 Å². The Morgan fingerprint density at radius 3 is 1.81 bits per heavy atom. The zero-order valence-electron chi connectivity index (χ0n) is 35.7. The van der Waals surface area contributed by atoms with E-state index in [4.69, 9.17) is 22.8 Å². The lowest BCUT2D eigenvalue weighted by atomic mass is 9.90. The van der Waals surface area contributed by atoms with Crippen molar-refractivity contribution in [2.24, 2.45) is 5.92 Å². The largest absolute Gasteiger partial charge is 0.414 e. The molecule has 0 amide bonds. The SMILES string of the molecule is CC(C)(C)[Si](C)(C)OC[C@H]1O[C@@H](n2cc(C(OCC3CCCCC3)c3ccccc3)c(=O)[nH]c2=O)[C@H](O[Si](C)(C)C(C)(C)C)[C@@H]1O[Si](C)(C)C(C)(C)C. The molecule has 2 heterocycles. The van der Waals surface area contributed by atoms with E-state index in [1.807, 2.05) is 30.3 Å². The number of aromatic nitrogens is 2. The first-order valence-electron chi connectivity index (χ1n) is 19.9. The van der Waals surface area contributed by atoms with Gasteiger partial charge in [0.2, 0.25) is 0 Å². The highest BCUT2D eigenvalue weighted by Gasteiger charge is 2.55. The van der Waals surface area contributed by atoms with E-state index in [0.29, 0.717) is 24.7 Å². The molecule has 53 heavy (non-hydrogen) atoms. The number of ether oxygens (including phenoxy) is 2. The number of nitrogens with zero attached hydrogens (tertiary/aromatic N) is 1. The first kappa shape index (κ1) is 44.1. The fraction of sp³-hybridized carbons (Fsp3) is 0.756. The third-order valence-electron chi connectivity index (χ3n) is 13.1. The van der Waals surface area contributed by atoms with Crippen molar-refractivity contribution in [3.8, 4) is 0 Å². The van der Waals surface area contributed by atoms with Crippen LogP contribution in [0.4, 0.5) is 0 Å². The molecular weight excluding hydrogens is 717 g/mol.